The fourth-order valence-electron chi connectivity index (χ4n) is 1.75. The van der Waals surface area contributed by atoms with Crippen molar-refractivity contribution in [3.05, 3.63) is 53.8 Å². The van der Waals surface area contributed by atoms with E-state index in [-0.39, 0.29) is 11.4 Å². The van der Waals surface area contributed by atoms with Crippen LogP contribution in [0.2, 0.25) is 0 Å². The maximum atomic E-state index is 13.6. The molecule has 2 aromatic carbocycles. The van der Waals surface area contributed by atoms with Crippen molar-refractivity contribution in [3.8, 4) is 5.75 Å². The third kappa shape index (κ3) is 4.09. The molecule has 0 aliphatic carbocycles. The van der Waals surface area contributed by atoms with Gasteiger partial charge in [0.2, 0.25) is 10.0 Å². The van der Waals surface area contributed by atoms with Gasteiger partial charge in [0, 0.05) is 11.8 Å². The largest absolute Gasteiger partial charge is 0.497 e. The van der Waals surface area contributed by atoms with Crippen molar-refractivity contribution in [2.75, 3.05) is 17.6 Å². The number of nitrogens with two attached hydrogens (primary N) is 1. The minimum absolute atomic E-state index is 0.148. The predicted molar refractivity (Wildman–Crippen MR) is 80.1 cm³/mol. The summed E-state index contributed by atoms with van der Waals surface area (Å²) in [6, 6.07) is 10.3. The summed E-state index contributed by atoms with van der Waals surface area (Å²) in [6.45, 7) is 0. The number of hydrogen-bond acceptors (Lipinski definition) is 4. The number of hydrogen-bond donors (Lipinski definition) is 2. The van der Waals surface area contributed by atoms with Gasteiger partial charge in [0.1, 0.15) is 11.6 Å². The molecule has 0 aliphatic rings. The Bertz CT molecular complexity index is 730. The van der Waals surface area contributed by atoms with E-state index in [1.807, 2.05) is 0 Å². The number of sulfonamides is 1. The van der Waals surface area contributed by atoms with E-state index in [1.54, 1.807) is 24.3 Å². The summed E-state index contributed by atoms with van der Waals surface area (Å²) in [5.41, 5.74) is 6.49. The van der Waals surface area contributed by atoms with Gasteiger partial charge in [-0.25, -0.2) is 12.8 Å². The molecule has 2 aromatic rings. The minimum Gasteiger partial charge on any atom is -0.497 e. The number of halogens is 1. The Kier molecular flexibility index (Phi) is 4.32. The van der Waals surface area contributed by atoms with Crippen LogP contribution in [0, 0.1) is 5.82 Å². The van der Waals surface area contributed by atoms with E-state index in [9.17, 15) is 12.8 Å². The third-order valence-corrected chi connectivity index (χ3v) is 4.02. The Morgan fingerprint density at radius 3 is 2.48 bits per heavy atom. The number of nitrogens with one attached hydrogen (secondary N) is 1. The van der Waals surface area contributed by atoms with Crippen LogP contribution in [0.15, 0.2) is 42.5 Å². The first kappa shape index (κ1) is 15.1. The van der Waals surface area contributed by atoms with Crippen LogP contribution in [0.25, 0.3) is 0 Å². The van der Waals surface area contributed by atoms with Gasteiger partial charge in [-0.15, -0.1) is 0 Å². The summed E-state index contributed by atoms with van der Waals surface area (Å²) in [5, 5.41) is 0. The molecule has 7 heteroatoms. The molecule has 0 bridgehead atoms. The third-order valence-electron chi connectivity index (χ3n) is 2.78. The lowest BCUT2D eigenvalue weighted by molar-refractivity contribution is 0.414. The van der Waals surface area contributed by atoms with Gasteiger partial charge >= 0.3 is 0 Å². The molecule has 2 rings (SSSR count). The van der Waals surface area contributed by atoms with Crippen molar-refractivity contribution in [2.24, 2.45) is 0 Å². The van der Waals surface area contributed by atoms with Gasteiger partial charge in [-0.05, 0) is 29.8 Å². The quantitative estimate of drug-likeness (QED) is 0.831. The molecular formula is C14H15FN2O3S. The maximum Gasteiger partial charge on any atom is 0.237 e. The molecule has 21 heavy (non-hydrogen) atoms. The van der Waals surface area contributed by atoms with Gasteiger partial charge < -0.3 is 10.5 Å². The van der Waals surface area contributed by atoms with Gasteiger partial charge in [-0.2, -0.15) is 0 Å². The van der Waals surface area contributed by atoms with Gasteiger partial charge in [0.25, 0.3) is 0 Å². The summed E-state index contributed by atoms with van der Waals surface area (Å²) in [4.78, 5) is 0. The Hall–Kier alpha value is -2.28. The molecule has 0 radical (unpaired) electrons. The second-order valence-corrected chi connectivity index (χ2v) is 6.17. The molecule has 0 saturated heterocycles. The van der Waals surface area contributed by atoms with Crippen molar-refractivity contribution < 1.29 is 17.5 Å². The molecule has 0 aromatic heterocycles. The summed E-state index contributed by atoms with van der Waals surface area (Å²) >= 11 is 0. The molecule has 0 spiro atoms. The fraction of sp³-hybridized carbons (Fsp3) is 0.143. The predicted octanol–water partition coefficient (Wildman–Crippen LogP) is 2.36. The van der Waals surface area contributed by atoms with Crippen LogP contribution < -0.4 is 15.2 Å². The molecule has 3 N–H and O–H groups in total. The second-order valence-electron chi connectivity index (χ2n) is 4.45. The van der Waals surface area contributed by atoms with E-state index in [4.69, 9.17) is 10.5 Å². The number of methoxy groups -OCH3 is 1. The average molecular weight is 310 g/mol. The van der Waals surface area contributed by atoms with E-state index in [2.05, 4.69) is 4.72 Å². The summed E-state index contributed by atoms with van der Waals surface area (Å²) < 4.78 is 44.9. The first-order valence-electron chi connectivity index (χ1n) is 6.08. The molecule has 112 valence electrons. The zero-order valence-corrected chi connectivity index (χ0v) is 12.2. The average Bonchev–Trinajstić information content (AvgIpc) is 2.43. The Balaban J connectivity index is 2.19. The van der Waals surface area contributed by atoms with Crippen molar-refractivity contribution in [3.63, 3.8) is 0 Å². The van der Waals surface area contributed by atoms with Crippen LogP contribution in [-0.2, 0) is 15.8 Å². The van der Waals surface area contributed by atoms with Crippen molar-refractivity contribution in [2.45, 2.75) is 5.75 Å². The van der Waals surface area contributed by atoms with Gasteiger partial charge in [-0.3, -0.25) is 4.72 Å². The zero-order valence-electron chi connectivity index (χ0n) is 11.3. The normalized spacial score (nSPS) is 11.1. The SMILES string of the molecule is COc1ccc(F)c(NS(=O)(=O)Cc2ccc(N)cc2)c1. The highest BCUT2D eigenvalue weighted by molar-refractivity contribution is 7.91. The van der Waals surface area contributed by atoms with Crippen LogP contribution >= 0.6 is 0 Å². The van der Waals surface area contributed by atoms with Gasteiger partial charge in [0.05, 0.1) is 18.6 Å². The van der Waals surface area contributed by atoms with E-state index < -0.39 is 15.8 Å². The topological polar surface area (TPSA) is 81.4 Å². The van der Waals surface area contributed by atoms with E-state index in [0.29, 0.717) is 17.0 Å². The molecular weight excluding hydrogens is 295 g/mol. The Labute approximate surface area is 122 Å². The lowest BCUT2D eigenvalue weighted by Crippen LogP contribution is -2.16. The summed E-state index contributed by atoms with van der Waals surface area (Å²) in [7, 11) is -2.32. The molecule has 0 amide bonds. The standard InChI is InChI=1S/C14H15FN2O3S/c1-20-12-6-7-13(15)14(8-12)17-21(18,19)9-10-2-4-11(16)5-3-10/h2-8,17H,9,16H2,1H3. The highest BCUT2D eigenvalue weighted by Crippen LogP contribution is 2.23. The monoisotopic (exact) mass is 310 g/mol. The Morgan fingerprint density at radius 2 is 1.86 bits per heavy atom. The number of nitrogen functional groups attached to an aromatic ring is 1. The van der Waals surface area contributed by atoms with Crippen molar-refractivity contribution >= 4 is 21.4 Å². The number of rotatable bonds is 5. The van der Waals surface area contributed by atoms with Crippen LogP contribution in [-0.4, -0.2) is 15.5 Å². The Morgan fingerprint density at radius 1 is 1.19 bits per heavy atom. The van der Waals surface area contributed by atoms with E-state index in [0.717, 1.165) is 6.07 Å². The minimum atomic E-state index is -3.73. The van der Waals surface area contributed by atoms with Gasteiger partial charge in [-0.1, -0.05) is 12.1 Å². The first-order chi connectivity index (χ1) is 9.89. The number of benzene rings is 2. The maximum absolute atomic E-state index is 13.6. The lowest BCUT2D eigenvalue weighted by atomic mass is 10.2. The molecule has 0 unspecified atom stereocenters. The van der Waals surface area contributed by atoms with Crippen LogP contribution in [0.1, 0.15) is 5.56 Å². The van der Waals surface area contributed by atoms with Crippen LogP contribution in [0.3, 0.4) is 0 Å². The number of anilines is 2. The number of ether oxygens (including phenoxy) is 1. The second kappa shape index (κ2) is 6.01. The van der Waals surface area contributed by atoms with Crippen molar-refractivity contribution in [1.29, 1.82) is 0 Å². The summed E-state index contributed by atoms with van der Waals surface area (Å²) in [6.07, 6.45) is 0. The molecule has 0 atom stereocenters. The molecule has 0 saturated carbocycles. The first-order valence-corrected chi connectivity index (χ1v) is 7.73. The molecule has 5 nitrogen and oxygen atoms in total. The molecule has 0 heterocycles. The zero-order chi connectivity index (χ0) is 15.5. The van der Waals surface area contributed by atoms with E-state index >= 15 is 0 Å². The molecule has 0 fully saturated rings. The smallest absolute Gasteiger partial charge is 0.237 e. The highest BCUT2D eigenvalue weighted by atomic mass is 32.2. The lowest BCUT2D eigenvalue weighted by Gasteiger charge is -2.10. The highest BCUT2D eigenvalue weighted by Gasteiger charge is 2.15. The van der Waals surface area contributed by atoms with Crippen LogP contribution in [0.5, 0.6) is 5.75 Å². The van der Waals surface area contributed by atoms with Gasteiger partial charge in [0.15, 0.2) is 0 Å². The summed E-state index contributed by atoms with van der Waals surface area (Å²) in [5.74, 6) is -0.581. The van der Waals surface area contributed by atoms with E-state index in [1.165, 1.54) is 19.2 Å². The fourth-order valence-corrected chi connectivity index (χ4v) is 2.94. The van der Waals surface area contributed by atoms with Crippen molar-refractivity contribution in [1.82, 2.24) is 0 Å². The molecule has 0 aliphatic heterocycles. The van der Waals surface area contributed by atoms with Crippen LogP contribution in [0.4, 0.5) is 15.8 Å².